The van der Waals surface area contributed by atoms with Crippen molar-refractivity contribution in [3.05, 3.63) is 23.2 Å². The molecular weight excluding hydrogens is 290 g/mol. The number of nitrogen functional groups attached to an aromatic ring is 1. The monoisotopic (exact) mass is 311 g/mol. The molecule has 0 amide bonds. The van der Waals surface area contributed by atoms with Crippen molar-refractivity contribution < 1.29 is 4.74 Å². The highest BCUT2D eigenvalue weighted by atomic mass is 35.5. The molecule has 1 aromatic rings. The third kappa shape index (κ3) is 3.26. The van der Waals surface area contributed by atoms with Crippen LogP contribution in [0.25, 0.3) is 0 Å². The van der Waals surface area contributed by atoms with Crippen molar-refractivity contribution in [3.8, 4) is 0 Å². The zero-order valence-corrected chi connectivity index (χ0v) is 13.3. The summed E-state index contributed by atoms with van der Waals surface area (Å²) in [6, 6.07) is 5.67. The van der Waals surface area contributed by atoms with E-state index in [-0.39, 0.29) is 5.60 Å². The van der Waals surface area contributed by atoms with Gasteiger partial charge in [0, 0.05) is 21.4 Å². The Bertz CT molecular complexity index is 474. The molecule has 1 heterocycles. The Kier molecular flexibility index (Phi) is 4.49. The second-order valence-electron chi connectivity index (χ2n) is 6.02. The number of halogens is 1. The van der Waals surface area contributed by atoms with Gasteiger partial charge in [-0.05, 0) is 43.9 Å². The Morgan fingerprint density at radius 2 is 2.05 bits per heavy atom. The fourth-order valence-electron chi connectivity index (χ4n) is 3.39. The minimum absolute atomic E-state index is 0.212. The number of hydrogen-bond acceptors (Lipinski definition) is 3. The summed E-state index contributed by atoms with van der Waals surface area (Å²) in [6.07, 6.45) is 9.36. The average Bonchev–Trinajstić information content (AvgIpc) is 2.84. The molecule has 0 bridgehead atoms. The van der Waals surface area contributed by atoms with Gasteiger partial charge in [-0.1, -0.05) is 30.9 Å². The van der Waals surface area contributed by atoms with E-state index >= 15 is 0 Å². The standard InChI is InChI=1S/C16H22ClNOS/c17-12-4-5-14(18)15(10-12)20-11-13-6-9-16(19-13)7-2-1-3-8-16/h4-5,10,13H,1-3,6-9,11,18H2. The summed E-state index contributed by atoms with van der Waals surface area (Å²) < 4.78 is 6.39. The smallest absolute Gasteiger partial charge is 0.0687 e. The maximum absolute atomic E-state index is 6.39. The van der Waals surface area contributed by atoms with E-state index in [0.717, 1.165) is 21.4 Å². The number of rotatable bonds is 3. The molecule has 2 nitrogen and oxygen atoms in total. The number of ether oxygens (including phenoxy) is 1. The van der Waals surface area contributed by atoms with Gasteiger partial charge in [-0.25, -0.2) is 0 Å². The summed E-state index contributed by atoms with van der Waals surface area (Å²) in [7, 11) is 0. The van der Waals surface area contributed by atoms with Gasteiger partial charge < -0.3 is 10.5 Å². The van der Waals surface area contributed by atoms with Crippen LogP contribution in [0.4, 0.5) is 5.69 Å². The van der Waals surface area contributed by atoms with Gasteiger partial charge in [-0.15, -0.1) is 11.8 Å². The summed E-state index contributed by atoms with van der Waals surface area (Å²) in [5.74, 6) is 0.978. The van der Waals surface area contributed by atoms with Crippen molar-refractivity contribution in [2.45, 2.75) is 61.5 Å². The van der Waals surface area contributed by atoms with Gasteiger partial charge in [0.05, 0.1) is 11.7 Å². The normalized spacial score (nSPS) is 25.1. The lowest BCUT2D eigenvalue weighted by molar-refractivity contribution is -0.0555. The van der Waals surface area contributed by atoms with Gasteiger partial charge in [-0.3, -0.25) is 0 Å². The predicted octanol–water partition coefficient (Wildman–Crippen LogP) is 4.90. The Balaban J connectivity index is 1.56. The van der Waals surface area contributed by atoms with Crippen molar-refractivity contribution in [1.29, 1.82) is 0 Å². The summed E-state index contributed by atoms with van der Waals surface area (Å²) in [5, 5.41) is 0.748. The molecule has 1 saturated carbocycles. The first-order valence-corrected chi connectivity index (χ1v) is 8.89. The zero-order chi connectivity index (χ0) is 14.0. The van der Waals surface area contributed by atoms with Gasteiger partial charge in [0.25, 0.3) is 0 Å². The molecule has 2 aliphatic rings. The van der Waals surface area contributed by atoms with Gasteiger partial charge in [0.15, 0.2) is 0 Å². The van der Waals surface area contributed by atoms with E-state index in [2.05, 4.69) is 0 Å². The van der Waals surface area contributed by atoms with Crippen LogP contribution in [-0.4, -0.2) is 17.5 Å². The van der Waals surface area contributed by atoms with Crippen molar-refractivity contribution in [1.82, 2.24) is 0 Å². The van der Waals surface area contributed by atoms with E-state index in [9.17, 15) is 0 Å². The first-order valence-electron chi connectivity index (χ1n) is 7.53. The Morgan fingerprint density at radius 1 is 1.25 bits per heavy atom. The fraction of sp³-hybridized carbons (Fsp3) is 0.625. The molecule has 2 N–H and O–H groups in total. The summed E-state index contributed by atoms with van der Waals surface area (Å²) >= 11 is 7.80. The number of thioether (sulfide) groups is 1. The molecule has 2 fully saturated rings. The van der Waals surface area contributed by atoms with Crippen LogP contribution in [0.2, 0.25) is 5.02 Å². The van der Waals surface area contributed by atoms with Crippen LogP contribution in [0.1, 0.15) is 44.9 Å². The second-order valence-corrected chi connectivity index (χ2v) is 7.51. The molecule has 1 spiro atoms. The van der Waals surface area contributed by atoms with Crippen LogP contribution in [0, 0.1) is 0 Å². The Labute approximate surface area is 130 Å². The molecular formula is C16H22ClNOS. The number of benzene rings is 1. The van der Waals surface area contributed by atoms with E-state index in [0.29, 0.717) is 6.10 Å². The summed E-state index contributed by atoms with van der Waals surface area (Å²) in [6.45, 7) is 0. The fourth-order valence-corrected chi connectivity index (χ4v) is 4.67. The molecule has 1 saturated heterocycles. The third-order valence-corrected chi connectivity index (χ3v) is 5.94. The lowest BCUT2D eigenvalue weighted by atomic mass is 9.83. The van der Waals surface area contributed by atoms with Crippen molar-refractivity contribution >= 4 is 29.1 Å². The molecule has 1 atom stereocenters. The summed E-state index contributed by atoms with van der Waals surface area (Å²) in [5.41, 5.74) is 7.01. The van der Waals surface area contributed by atoms with Crippen LogP contribution in [-0.2, 0) is 4.74 Å². The number of hydrogen-bond donors (Lipinski definition) is 1. The van der Waals surface area contributed by atoms with Crippen molar-refractivity contribution in [2.24, 2.45) is 0 Å². The molecule has 0 aromatic heterocycles. The van der Waals surface area contributed by atoms with E-state index in [1.807, 2.05) is 18.2 Å². The highest BCUT2D eigenvalue weighted by Gasteiger charge is 2.40. The molecule has 4 heteroatoms. The van der Waals surface area contributed by atoms with Crippen molar-refractivity contribution in [2.75, 3.05) is 11.5 Å². The summed E-state index contributed by atoms with van der Waals surface area (Å²) in [4.78, 5) is 1.07. The number of nitrogens with two attached hydrogens (primary N) is 1. The minimum Gasteiger partial charge on any atom is -0.398 e. The second kappa shape index (κ2) is 6.17. The van der Waals surface area contributed by atoms with Crippen LogP contribution in [0.15, 0.2) is 23.1 Å². The highest BCUT2D eigenvalue weighted by Crippen LogP contribution is 2.43. The molecule has 3 rings (SSSR count). The van der Waals surface area contributed by atoms with Gasteiger partial charge in [0.1, 0.15) is 0 Å². The zero-order valence-electron chi connectivity index (χ0n) is 11.7. The van der Waals surface area contributed by atoms with Crippen LogP contribution in [0.3, 0.4) is 0 Å². The van der Waals surface area contributed by atoms with Gasteiger partial charge in [0.2, 0.25) is 0 Å². The van der Waals surface area contributed by atoms with Crippen LogP contribution in [0.5, 0.6) is 0 Å². The third-order valence-electron chi connectivity index (χ3n) is 4.50. The van der Waals surface area contributed by atoms with Gasteiger partial charge in [-0.2, -0.15) is 0 Å². The van der Waals surface area contributed by atoms with E-state index in [4.69, 9.17) is 22.1 Å². The maximum atomic E-state index is 6.39. The average molecular weight is 312 g/mol. The lowest BCUT2D eigenvalue weighted by Gasteiger charge is -2.33. The Morgan fingerprint density at radius 3 is 2.85 bits per heavy atom. The van der Waals surface area contributed by atoms with Crippen LogP contribution < -0.4 is 5.73 Å². The molecule has 1 unspecified atom stereocenters. The first kappa shape index (κ1) is 14.6. The van der Waals surface area contributed by atoms with E-state index in [1.54, 1.807) is 11.8 Å². The predicted molar refractivity (Wildman–Crippen MR) is 86.5 cm³/mol. The van der Waals surface area contributed by atoms with E-state index < -0.39 is 0 Å². The maximum Gasteiger partial charge on any atom is 0.0687 e. The molecule has 110 valence electrons. The molecule has 1 aliphatic heterocycles. The first-order chi connectivity index (χ1) is 9.67. The lowest BCUT2D eigenvalue weighted by Crippen LogP contribution is -2.32. The topological polar surface area (TPSA) is 35.2 Å². The van der Waals surface area contributed by atoms with E-state index in [1.165, 1.54) is 44.9 Å². The molecule has 1 aliphatic carbocycles. The minimum atomic E-state index is 0.212. The molecule has 20 heavy (non-hydrogen) atoms. The van der Waals surface area contributed by atoms with Crippen molar-refractivity contribution in [3.63, 3.8) is 0 Å². The molecule has 1 aromatic carbocycles. The quantitative estimate of drug-likeness (QED) is 0.637. The SMILES string of the molecule is Nc1ccc(Cl)cc1SCC1CCC2(CCCCC2)O1. The number of anilines is 1. The van der Waals surface area contributed by atoms with Crippen LogP contribution >= 0.6 is 23.4 Å². The Hall–Kier alpha value is -0.380. The highest BCUT2D eigenvalue weighted by molar-refractivity contribution is 7.99. The largest absolute Gasteiger partial charge is 0.398 e. The molecule has 0 radical (unpaired) electrons. The van der Waals surface area contributed by atoms with Gasteiger partial charge >= 0.3 is 0 Å².